The van der Waals surface area contributed by atoms with Gasteiger partial charge in [0.25, 0.3) is 0 Å². The van der Waals surface area contributed by atoms with Crippen LogP contribution >= 0.6 is 34.2 Å². The van der Waals surface area contributed by atoms with Crippen molar-refractivity contribution in [1.82, 2.24) is 0 Å². The molecule has 0 radical (unpaired) electrons. The van der Waals surface area contributed by atoms with Gasteiger partial charge >= 0.3 is 0 Å². The van der Waals surface area contributed by atoms with Crippen LogP contribution in [0.1, 0.15) is 12.0 Å². The summed E-state index contributed by atoms with van der Waals surface area (Å²) >= 11 is 7.80. The van der Waals surface area contributed by atoms with Gasteiger partial charge in [0.05, 0.1) is 22.3 Å². The lowest BCUT2D eigenvalue weighted by Crippen LogP contribution is -2.11. The second kappa shape index (κ2) is 5.69. The zero-order valence-corrected chi connectivity index (χ0v) is 10.8. The molecule has 16 heavy (non-hydrogen) atoms. The lowest BCUT2D eigenvalue weighted by atomic mass is 10.2. The molecule has 0 heterocycles. The van der Waals surface area contributed by atoms with Crippen molar-refractivity contribution >= 4 is 45.8 Å². The molecule has 0 aliphatic rings. The number of nitriles is 2. The molecular formula is C10H5ClIN3O. The largest absolute Gasteiger partial charge is 0.324 e. The van der Waals surface area contributed by atoms with Crippen molar-refractivity contribution in [3.8, 4) is 12.1 Å². The Labute approximate surface area is 111 Å². The number of halogens is 2. The van der Waals surface area contributed by atoms with Crippen LogP contribution in [-0.2, 0) is 4.79 Å². The van der Waals surface area contributed by atoms with Crippen LogP contribution in [0.15, 0.2) is 12.1 Å². The molecule has 0 aliphatic heterocycles. The van der Waals surface area contributed by atoms with Gasteiger partial charge in [-0.25, -0.2) is 0 Å². The summed E-state index contributed by atoms with van der Waals surface area (Å²) in [7, 11) is 0. The van der Waals surface area contributed by atoms with E-state index in [1.54, 1.807) is 12.1 Å². The highest BCUT2D eigenvalue weighted by Crippen LogP contribution is 2.26. The van der Waals surface area contributed by atoms with Gasteiger partial charge in [-0.15, -0.1) is 0 Å². The molecule has 0 atom stereocenters. The van der Waals surface area contributed by atoms with E-state index in [0.29, 0.717) is 14.8 Å². The van der Waals surface area contributed by atoms with Gasteiger partial charge in [0.15, 0.2) is 0 Å². The standard InChI is InChI=1S/C10H5ClIN3O/c11-7-4-9(15-10(16)1-2-13)8(12)3-6(7)5-14/h3-4H,1H2,(H,15,16). The smallest absolute Gasteiger partial charge is 0.238 e. The third-order valence-electron chi connectivity index (χ3n) is 1.69. The van der Waals surface area contributed by atoms with E-state index in [0.717, 1.165) is 0 Å². The summed E-state index contributed by atoms with van der Waals surface area (Å²) in [6, 6.07) is 6.76. The molecule has 80 valence electrons. The Morgan fingerprint density at radius 3 is 2.75 bits per heavy atom. The molecule has 0 aromatic heterocycles. The molecule has 0 fully saturated rings. The number of carbonyl (C=O) groups excluding carboxylic acids is 1. The number of anilines is 1. The lowest BCUT2D eigenvalue weighted by molar-refractivity contribution is -0.115. The maximum atomic E-state index is 11.2. The van der Waals surface area contributed by atoms with E-state index in [4.69, 9.17) is 22.1 Å². The van der Waals surface area contributed by atoms with Crippen molar-refractivity contribution in [2.24, 2.45) is 0 Å². The Kier molecular flexibility index (Phi) is 4.53. The van der Waals surface area contributed by atoms with Crippen molar-refractivity contribution < 1.29 is 4.79 Å². The van der Waals surface area contributed by atoms with Crippen LogP contribution in [0.2, 0.25) is 5.02 Å². The summed E-state index contributed by atoms with van der Waals surface area (Å²) in [6.07, 6.45) is -0.215. The van der Waals surface area contributed by atoms with Crippen molar-refractivity contribution in [3.63, 3.8) is 0 Å². The number of hydrogen-bond donors (Lipinski definition) is 1. The van der Waals surface area contributed by atoms with Crippen LogP contribution < -0.4 is 5.32 Å². The van der Waals surface area contributed by atoms with E-state index in [9.17, 15) is 4.79 Å². The molecule has 0 aliphatic carbocycles. The quantitative estimate of drug-likeness (QED) is 0.837. The molecular weight excluding hydrogens is 340 g/mol. The van der Waals surface area contributed by atoms with Crippen molar-refractivity contribution in [3.05, 3.63) is 26.3 Å². The minimum absolute atomic E-state index is 0.215. The second-order valence-electron chi connectivity index (χ2n) is 2.81. The predicted molar refractivity (Wildman–Crippen MR) is 67.7 cm³/mol. The molecule has 1 aromatic rings. The molecule has 1 amide bonds. The summed E-state index contributed by atoms with van der Waals surface area (Å²) in [4.78, 5) is 11.2. The number of rotatable bonds is 2. The summed E-state index contributed by atoms with van der Waals surface area (Å²) in [5, 5.41) is 19.9. The van der Waals surface area contributed by atoms with Crippen LogP contribution in [0.5, 0.6) is 0 Å². The summed E-state index contributed by atoms with van der Waals surface area (Å²) in [5.74, 6) is -0.402. The van der Waals surface area contributed by atoms with Gasteiger partial charge in [0.1, 0.15) is 12.5 Å². The number of nitrogens with zero attached hydrogens (tertiary/aromatic N) is 2. The molecule has 6 heteroatoms. The minimum atomic E-state index is -0.402. The average Bonchev–Trinajstić information content (AvgIpc) is 2.23. The van der Waals surface area contributed by atoms with Gasteiger partial charge in [-0.2, -0.15) is 10.5 Å². The number of benzene rings is 1. The zero-order chi connectivity index (χ0) is 12.1. The van der Waals surface area contributed by atoms with Gasteiger partial charge in [-0.3, -0.25) is 4.79 Å². The second-order valence-corrected chi connectivity index (χ2v) is 4.38. The molecule has 0 bridgehead atoms. The van der Waals surface area contributed by atoms with E-state index < -0.39 is 5.91 Å². The summed E-state index contributed by atoms with van der Waals surface area (Å²) in [6.45, 7) is 0. The van der Waals surface area contributed by atoms with Crippen molar-refractivity contribution in [2.75, 3.05) is 5.32 Å². The topological polar surface area (TPSA) is 76.7 Å². The minimum Gasteiger partial charge on any atom is -0.324 e. The first-order chi connectivity index (χ1) is 7.58. The highest BCUT2D eigenvalue weighted by Gasteiger charge is 2.09. The van der Waals surface area contributed by atoms with Gasteiger partial charge in [-0.1, -0.05) is 11.6 Å². The van der Waals surface area contributed by atoms with Gasteiger partial charge < -0.3 is 5.32 Å². The maximum Gasteiger partial charge on any atom is 0.238 e. The molecule has 0 unspecified atom stereocenters. The summed E-state index contributed by atoms with van der Waals surface area (Å²) < 4.78 is 0.699. The van der Waals surface area contributed by atoms with Crippen LogP contribution in [0.3, 0.4) is 0 Å². The molecule has 1 aromatic carbocycles. The van der Waals surface area contributed by atoms with Crippen LogP contribution in [-0.4, -0.2) is 5.91 Å². The van der Waals surface area contributed by atoms with Gasteiger partial charge in [-0.05, 0) is 34.7 Å². The van der Waals surface area contributed by atoms with E-state index >= 15 is 0 Å². The molecule has 1 rings (SSSR count). The van der Waals surface area contributed by atoms with E-state index in [-0.39, 0.29) is 11.4 Å². The maximum absolute atomic E-state index is 11.2. The Balaban J connectivity index is 3.00. The molecule has 0 saturated carbocycles. The van der Waals surface area contributed by atoms with E-state index in [1.807, 2.05) is 28.7 Å². The molecule has 0 spiro atoms. The molecule has 4 nitrogen and oxygen atoms in total. The van der Waals surface area contributed by atoms with Crippen molar-refractivity contribution in [2.45, 2.75) is 6.42 Å². The fourth-order valence-electron chi connectivity index (χ4n) is 0.995. The van der Waals surface area contributed by atoms with Crippen molar-refractivity contribution in [1.29, 1.82) is 10.5 Å². The Hall–Kier alpha value is -1.31. The first-order valence-electron chi connectivity index (χ1n) is 4.14. The first-order valence-corrected chi connectivity index (χ1v) is 5.60. The number of carbonyl (C=O) groups is 1. The lowest BCUT2D eigenvalue weighted by Gasteiger charge is -2.07. The first kappa shape index (κ1) is 12.8. The number of amides is 1. The third-order valence-corrected chi connectivity index (χ3v) is 2.90. The third kappa shape index (κ3) is 3.09. The molecule has 1 N–H and O–H groups in total. The molecule has 0 saturated heterocycles. The highest BCUT2D eigenvalue weighted by atomic mass is 127. The van der Waals surface area contributed by atoms with Gasteiger partial charge in [0.2, 0.25) is 5.91 Å². The number of hydrogen-bond acceptors (Lipinski definition) is 3. The van der Waals surface area contributed by atoms with Crippen LogP contribution in [0.4, 0.5) is 5.69 Å². The Morgan fingerprint density at radius 1 is 1.50 bits per heavy atom. The normalized spacial score (nSPS) is 9.00. The summed E-state index contributed by atoms with van der Waals surface area (Å²) in [5.41, 5.74) is 0.856. The average molecular weight is 346 g/mol. The van der Waals surface area contributed by atoms with Crippen LogP contribution in [0.25, 0.3) is 0 Å². The van der Waals surface area contributed by atoms with Gasteiger partial charge in [0, 0.05) is 3.57 Å². The van der Waals surface area contributed by atoms with E-state index in [1.165, 1.54) is 6.07 Å². The Morgan fingerprint density at radius 2 is 2.19 bits per heavy atom. The van der Waals surface area contributed by atoms with Crippen LogP contribution in [0, 0.1) is 26.2 Å². The predicted octanol–water partition coefficient (Wildman–Crippen LogP) is 2.67. The Bertz CT molecular complexity index is 516. The number of nitrogens with one attached hydrogen (secondary N) is 1. The fourth-order valence-corrected chi connectivity index (χ4v) is 1.80. The zero-order valence-electron chi connectivity index (χ0n) is 7.92. The highest BCUT2D eigenvalue weighted by molar-refractivity contribution is 14.1. The monoisotopic (exact) mass is 345 g/mol. The SMILES string of the molecule is N#CCC(=O)Nc1cc(Cl)c(C#N)cc1I. The fraction of sp³-hybridized carbons (Fsp3) is 0.100. The van der Waals surface area contributed by atoms with E-state index in [2.05, 4.69) is 5.32 Å².